The molecule has 6 nitrogen and oxygen atoms in total. The van der Waals surface area contributed by atoms with Crippen LogP contribution in [0.2, 0.25) is 0 Å². The maximum Gasteiger partial charge on any atom is 0.226 e. The number of anilines is 1. The molecular formula is C16H25BrN4O2. The largest absolute Gasteiger partial charge is 0.383 e. The zero-order valence-corrected chi connectivity index (χ0v) is 15.4. The Labute approximate surface area is 146 Å². The van der Waals surface area contributed by atoms with Crippen LogP contribution in [0.4, 0.5) is 5.69 Å². The highest BCUT2D eigenvalue weighted by Crippen LogP contribution is 2.14. The van der Waals surface area contributed by atoms with Crippen molar-refractivity contribution in [1.82, 2.24) is 10.6 Å². The third kappa shape index (κ3) is 8.56. The highest BCUT2D eigenvalue weighted by Gasteiger charge is 2.05. The topological polar surface area (TPSA) is 74.8 Å². The Morgan fingerprint density at radius 1 is 1.35 bits per heavy atom. The molecule has 0 saturated carbocycles. The second-order valence-corrected chi connectivity index (χ2v) is 5.98. The smallest absolute Gasteiger partial charge is 0.226 e. The Kier molecular flexibility index (Phi) is 9.31. The molecule has 0 radical (unpaired) electrons. The van der Waals surface area contributed by atoms with Gasteiger partial charge in [-0.25, -0.2) is 0 Å². The molecule has 0 aliphatic rings. The van der Waals surface area contributed by atoms with Crippen LogP contribution in [0.3, 0.4) is 0 Å². The molecule has 1 unspecified atom stereocenters. The number of nitrogens with one attached hydrogen (secondary N) is 3. The maximum atomic E-state index is 11.9. The van der Waals surface area contributed by atoms with Gasteiger partial charge in [0.25, 0.3) is 0 Å². The van der Waals surface area contributed by atoms with Crippen LogP contribution < -0.4 is 16.0 Å². The molecule has 1 amide bonds. The monoisotopic (exact) mass is 384 g/mol. The van der Waals surface area contributed by atoms with E-state index in [0.717, 1.165) is 16.7 Å². The van der Waals surface area contributed by atoms with Gasteiger partial charge < -0.3 is 20.7 Å². The first-order chi connectivity index (χ1) is 11.0. The van der Waals surface area contributed by atoms with Gasteiger partial charge in [0.15, 0.2) is 5.96 Å². The lowest BCUT2D eigenvalue weighted by molar-refractivity contribution is -0.116. The third-order valence-corrected chi connectivity index (χ3v) is 3.41. The van der Waals surface area contributed by atoms with Gasteiger partial charge in [-0.1, -0.05) is 15.9 Å². The number of hydrogen-bond acceptors (Lipinski definition) is 3. The van der Waals surface area contributed by atoms with E-state index >= 15 is 0 Å². The Balaban J connectivity index is 2.43. The lowest BCUT2D eigenvalue weighted by atomic mass is 10.3. The Morgan fingerprint density at radius 3 is 2.65 bits per heavy atom. The number of rotatable bonds is 8. The number of halogens is 1. The van der Waals surface area contributed by atoms with Gasteiger partial charge in [0.05, 0.1) is 13.2 Å². The summed E-state index contributed by atoms with van der Waals surface area (Å²) in [5.74, 6) is 0.630. The molecule has 0 bridgehead atoms. The summed E-state index contributed by atoms with van der Waals surface area (Å²) in [6.07, 6.45) is 0.325. The van der Waals surface area contributed by atoms with Crippen molar-refractivity contribution in [3.05, 3.63) is 28.7 Å². The van der Waals surface area contributed by atoms with E-state index in [1.54, 1.807) is 7.11 Å². The van der Waals surface area contributed by atoms with E-state index in [4.69, 9.17) is 4.74 Å². The summed E-state index contributed by atoms with van der Waals surface area (Å²) >= 11 is 3.36. The standard InChI is InChI=1S/C16H25BrN4O2/c1-4-18-16(20-12(2)11-23-3)19-10-9-15(22)21-14-7-5-13(17)6-8-14/h5-8,12H,4,9-11H2,1-3H3,(H,21,22)(H2,18,19,20). The van der Waals surface area contributed by atoms with Crippen LogP contribution in [-0.4, -0.2) is 44.7 Å². The fourth-order valence-corrected chi connectivity index (χ4v) is 2.14. The highest BCUT2D eigenvalue weighted by atomic mass is 79.9. The van der Waals surface area contributed by atoms with E-state index in [1.165, 1.54) is 0 Å². The zero-order valence-electron chi connectivity index (χ0n) is 13.9. The van der Waals surface area contributed by atoms with Crippen molar-refractivity contribution >= 4 is 33.5 Å². The van der Waals surface area contributed by atoms with E-state index in [1.807, 2.05) is 38.1 Å². The van der Waals surface area contributed by atoms with E-state index < -0.39 is 0 Å². The van der Waals surface area contributed by atoms with Crippen molar-refractivity contribution < 1.29 is 9.53 Å². The summed E-state index contributed by atoms with van der Waals surface area (Å²) in [5, 5.41) is 9.22. The first-order valence-corrected chi connectivity index (χ1v) is 8.43. The van der Waals surface area contributed by atoms with Gasteiger partial charge in [-0.2, -0.15) is 0 Å². The lowest BCUT2D eigenvalue weighted by Crippen LogP contribution is -2.44. The normalized spacial score (nSPS) is 12.6. The minimum absolute atomic E-state index is 0.0585. The fourth-order valence-electron chi connectivity index (χ4n) is 1.87. The number of ether oxygens (including phenoxy) is 1. The summed E-state index contributed by atoms with van der Waals surface area (Å²) in [6, 6.07) is 7.62. The van der Waals surface area contributed by atoms with Gasteiger partial charge in [0.2, 0.25) is 5.91 Å². The summed E-state index contributed by atoms with van der Waals surface area (Å²) < 4.78 is 6.07. The first kappa shape index (κ1) is 19.4. The molecule has 0 fully saturated rings. The number of aliphatic imine (C=N–C) groups is 1. The molecule has 7 heteroatoms. The van der Waals surface area contributed by atoms with E-state index in [2.05, 4.69) is 36.9 Å². The number of hydrogen-bond donors (Lipinski definition) is 3. The molecule has 1 atom stereocenters. The van der Waals surface area contributed by atoms with Gasteiger partial charge in [0, 0.05) is 36.3 Å². The number of methoxy groups -OCH3 is 1. The molecular weight excluding hydrogens is 360 g/mol. The maximum absolute atomic E-state index is 11.9. The first-order valence-electron chi connectivity index (χ1n) is 7.64. The van der Waals surface area contributed by atoms with E-state index in [0.29, 0.717) is 25.5 Å². The number of amides is 1. The van der Waals surface area contributed by atoms with Crippen molar-refractivity contribution in [2.45, 2.75) is 26.3 Å². The number of nitrogens with zero attached hydrogens (tertiary/aromatic N) is 1. The summed E-state index contributed by atoms with van der Waals surface area (Å²) in [5.41, 5.74) is 0.779. The van der Waals surface area contributed by atoms with Crippen molar-refractivity contribution in [1.29, 1.82) is 0 Å². The fraction of sp³-hybridized carbons (Fsp3) is 0.500. The number of carbonyl (C=O) groups excluding carboxylic acids is 1. The quantitative estimate of drug-likeness (QED) is 0.475. The van der Waals surface area contributed by atoms with Crippen molar-refractivity contribution in [2.75, 3.05) is 32.1 Å². The van der Waals surface area contributed by atoms with Gasteiger partial charge in [-0.05, 0) is 38.1 Å². The van der Waals surface area contributed by atoms with Crippen molar-refractivity contribution in [3.8, 4) is 0 Å². The highest BCUT2D eigenvalue weighted by molar-refractivity contribution is 9.10. The lowest BCUT2D eigenvalue weighted by Gasteiger charge is -2.16. The molecule has 0 heterocycles. The van der Waals surface area contributed by atoms with Gasteiger partial charge in [-0.3, -0.25) is 9.79 Å². The minimum Gasteiger partial charge on any atom is -0.383 e. The molecule has 128 valence electrons. The Hall–Kier alpha value is -1.60. The molecule has 1 aromatic carbocycles. The third-order valence-electron chi connectivity index (χ3n) is 2.88. The van der Waals surface area contributed by atoms with E-state index in [-0.39, 0.29) is 11.9 Å². The molecule has 0 aliphatic heterocycles. The van der Waals surface area contributed by atoms with Crippen molar-refractivity contribution in [3.63, 3.8) is 0 Å². The van der Waals surface area contributed by atoms with Crippen LogP contribution in [0.1, 0.15) is 20.3 Å². The summed E-state index contributed by atoms with van der Waals surface area (Å²) in [4.78, 5) is 16.3. The molecule has 0 saturated heterocycles. The molecule has 0 aromatic heterocycles. The Morgan fingerprint density at radius 2 is 2.04 bits per heavy atom. The average Bonchev–Trinajstić information content (AvgIpc) is 2.50. The number of benzene rings is 1. The molecule has 0 aliphatic carbocycles. The van der Waals surface area contributed by atoms with Crippen LogP contribution in [0, 0.1) is 0 Å². The predicted octanol–water partition coefficient (Wildman–Crippen LogP) is 2.37. The number of carbonyl (C=O) groups is 1. The Bertz CT molecular complexity index is 505. The van der Waals surface area contributed by atoms with Crippen LogP contribution >= 0.6 is 15.9 Å². The predicted molar refractivity (Wildman–Crippen MR) is 97.8 cm³/mol. The van der Waals surface area contributed by atoms with Crippen LogP contribution in [0.25, 0.3) is 0 Å². The van der Waals surface area contributed by atoms with Gasteiger partial charge >= 0.3 is 0 Å². The second kappa shape index (κ2) is 11.0. The van der Waals surface area contributed by atoms with Crippen LogP contribution in [0.5, 0.6) is 0 Å². The molecule has 0 spiro atoms. The minimum atomic E-state index is -0.0585. The average molecular weight is 385 g/mol. The number of guanidine groups is 1. The van der Waals surface area contributed by atoms with Gasteiger partial charge in [0.1, 0.15) is 0 Å². The van der Waals surface area contributed by atoms with Gasteiger partial charge in [-0.15, -0.1) is 0 Å². The van der Waals surface area contributed by atoms with Crippen LogP contribution in [-0.2, 0) is 9.53 Å². The second-order valence-electron chi connectivity index (χ2n) is 5.07. The molecule has 3 N–H and O–H groups in total. The molecule has 1 aromatic rings. The SMILES string of the molecule is CCNC(=NCCC(=O)Nc1ccc(Br)cc1)NC(C)COC. The summed E-state index contributed by atoms with van der Waals surface area (Å²) in [7, 11) is 1.66. The zero-order chi connectivity index (χ0) is 17.1. The molecule has 1 rings (SSSR count). The van der Waals surface area contributed by atoms with E-state index in [9.17, 15) is 4.79 Å². The molecule has 23 heavy (non-hydrogen) atoms. The summed E-state index contributed by atoms with van der Waals surface area (Å²) in [6.45, 7) is 5.78. The van der Waals surface area contributed by atoms with Crippen molar-refractivity contribution in [2.24, 2.45) is 4.99 Å². The van der Waals surface area contributed by atoms with Crippen LogP contribution in [0.15, 0.2) is 33.7 Å².